The number of carbonyl (C=O) groups is 1. The first-order valence-electron chi connectivity index (χ1n) is 8.79. The standard InChI is InChI=1S/C17H26N6O2/c1-17(2,3)16-19-13(25-21-16)7-8-14(24)23-9-5-6-12(10-23)15-20-18-11-22(15)4/h11-12H,5-10H2,1-4H3. The molecule has 0 saturated carbocycles. The lowest BCUT2D eigenvalue weighted by Crippen LogP contribution is -2.39. The summed E-state index contributed by atoms with van der Waals surface area (Å²) >= 11 is 0. The highest BCUT2D eigenvalue weighted by Gasteiger charge is 2.28. The monoisotopic (exact) mass is 346 g/mol. The van der Waals surface area contributed by atoms with Crippen LogP contribution >= 0.6 is 0 Å². The Morgan fingerprint density at radius 1 is 1.40 bits per heavy atom. The molecule has 3 heterocycles. The van der Waals surface area contributed by atoms with Crippen LogP contribution in [-0.2, 0) is 23.7 Å². The van der Waals surface area contributed by atoms with Gasteiger partial charge in [-0.3, -0.25) is 4.79 Å². The van der Waals surface area contributed by atoms with Crippen LogP contribution in [0.25, 0.3) is 0 Å². The van der Waals surface area contributed by atoms with Crippen molar-refractivity contribution < 1.29 is 9.32 Å². The number of hydrogen-bond donors (Lipinski definition) is 0. The molecule has 1 aliphatic heterocycles. The second-order valence-corrected chi connectivity index (χ2v) is 7.74. The van der Waals surface area contributed by atoms with Gasteiger partial charge in [-0.05, 0) is 12.8 Å². The van der Waals surface area contributed by atoms with E-state index < -0.39 is 0 Å². The number of nitrogens with zero attached hydrogens (tertiary/aromatic N) is 6. The minimum atomic E-state index is -0.151. The van der Waals surface area contributed by atoms with Gasteiger partial charge in [-0.15, -0.1) is 10.2 Å². The average molecular weight is 346 g/mol. The van der Waals surface area contributed by atoms with E-state index in [1.165, 1.54) is 0 Å². The van der Waals surface area contributed by atoms with E-state index in [0.29, 0.717) is 31.1 Å². The zero-order valence-corrected chi connectivity index (χ0v) is 15.4. The largest absolute Gasteiger partial charge is 0.342 e. The SMILES string of the molecule is Cn1cnnc1C1CCCN(C(=O)CCc2nc(C(C)(C)C)no2)C1. The predicted molar refractivity (Wildman–Crippen MR) is 90.9 cm³/mol. The molecule has 1 fully saturated rings. The summed E-state index contributed by atoms with van der Waals surface area (Å²) < 4.78 is 7.21. The molecule has 2 aromatic heterocycles. The number of rotatable bonds is 4. The Kier molecular flexibility index (Phi) is 4.87. The molecule has 1 unspecified atom stereocenters. The van der Waals surface area contributed by atoms with E-state index in [1.807, 2.05) is 37.3 Å². The van der Waals surface area contributed by atoms with E-state index >= 15 is 0 Å². The quantitative estimate of drug-likeness (QED) is 0.839. The van der Waals surface area contributed by atoms with Crippen molar-refractivity contribution in [2.45, 2.75) is 57.8 Å². The number of likely N-dealkylation sites (tertiary alicyclic amines) is 1. The Labute approximate surface area is 147 Å². The van der Waals surface area contributed by atoms with Gasteiger partial charge in [-0.25, -0.2) is 0 Å². The molecule has 1 atom stereocenters. The van der Waals surface area contributed by atoms with Crippen molar-refractivity contribution in [3.8, 4) is 0 Å². The molecule has 0 aliphatic carbocycles. The summed E-state index contributed by atoms with van der Waals surface area (Å²) in [5, 5.41) is 12.1. The maximum absolute atomic E-state index is 12.6. The van der Waals surface area contributed by atoms with Gasteiger partial charge in [0.1, 0.15) is 12.2 Å². The fourth-order valence-electron chi connectivity index (χ4n) is 3.11. The van der Waals surface area contributed by atoms with Crippen LogP contribution in [0.2, 0.25) is 0 Å². The minimum absolute atomic E-state index is 0.127. The summed E-state index contributed by atoms with van der Waals surface area (Å²) in [5.41, 5.74) is -0.151. The molecule has 0 bridgehead atoms. The van der Waals surface area contributed by atoms with Crippen molar-refractivity contribution in [3.63, 3.8) is 0 Å². The summed E-state index contributed by atoms with van der Waals surface area (Å²) in [6, 6.07) is 0. The lowest BCUT2D eigenvalue weighted by molar-refractivity contribution is -0.132. The maximum atomic E-state index is 12.6. The van der Waals surface area contributed by atoms with Gasteiger partial charge in [-0.2, -0.15) is 4.98 Å². The molecule has 136 valence electrons. The highest BCUT2D eigenvalue weighted by atomic mass is 16.5. The number of aromatic nitrogens is 5. The molecule has 0 N–H and O–H groups in total. The van der Waals surface area contributed by atoms with E-state index in [2.05, 4.69) is 20.3 Å². The number of hydrogen-bond acceptors (Lipinski definition) is 6. The van der Waals surface area contributed by atoms with Crippen molar-refractivity contribution in [1.29, 1.82) is 0 Å². The highest BCUT2D eigenvalue weighted by Crippen LogP contribution is 2.25. The first-order chi connectivity index (χ1) is 11.8. The van der Waals surface area contributed by atoms with Gasteiger partial charge in [-0.1, -0.05) is 25.9 Å². The van der Waals surface area contributed by atoms with Crippen molar-refractivity contribution in [1.82, 2.24) is 29.8 Å². The third kappa shape index (κ3) is 4.05. The molecule has 0 aromatic carbocycles. The van der Waals surface area contributed by atoms with E-state index in [1.54, 1.807) is 6.33 Å². The van der Waals surface area contributed by atoms with Gasteiger partial charge < -0.3 is 14.0 Å². The van der Waals surface area contributed by atoms with E-state index in [4.69, 9.17) is 4.52 Å². The first-order valence-corrected chi connectivity index (χ1v) is 8.79. The van der Waals surface area contributed by atoms with Crippen molar-refractivity contribution >= 4 is 5.91 Å². The van der Waals surface area contributed by atoms with Crippen LogP contribution in [-0.4, -0.2) is 48.8 Å². The summed E-state index contributed by atoms with van der Waals surface area (Å²) in [6.07, 6.45) is 4.59. The van der Waals surface area contributed by atoms with Crippen molar-refractivity contribution in [3.05, 3.63) is 23.9 Å². The Bertz CT molecular complexity index is 730. The van der Waals surface area contributed by atoms with Crippen LogP contribution in [0.4, 0.5) is 0 Å². The molecule has 1 saturated heterocycles. The van der Waals surface area contributed by atoms with Crippen LogP contribution in [0.15, 0.2) is 10.9 Å². The average Bonchev–Trinajstić information content (AvgIpc) is 3.21. The van der Waals surface area contributed by atoms with Gasteiger partial charge in [0.25, 0.3) is 0 Å². The topological polar surface area (TPSA) is 89.9 Å². The van der Waals surface area contributed by atoms with Crippen LogP contribution in [0.3, 0.4) is 0 Å². The summed E-state index contributed by atoms with van der Waals surface area (Å²) in [6.45, 7) is 7.60. The summed E-state index contributed by atoms with van der Waals surface area (Å²) in [4.78, 5) is 18.9. The highest BCUT2D eigenvalue weighted by molar-refractivity contribution is 5.76. The minimum Gasteiger partial charge on any atom is -0.342 e. The number of piperidine rings is 1. The zero-order chi connectivity index (χ0) is 18.0. The third-order valence-electron chi connectivity index (χ3n) is 4.58. The molecule has 1 aliphatic rings. The van der Waals surface area contributed by atoms with E-state index in [9.17, 15) is 4.79 Å². The molecule has 3 rings (SSSR count). The van der Waals surface area contributed by atoms with Crippen molar-refractivity contribution in [2.24, 2.45) is 7.05 Å². The van der Waals surface area contributed by atoms with Crippen LogP contribution in [0.1, 0.15) is 63.5 Å². The van der Waals surface area contributed by atoms with Crippen molar-refractivity contribution in [2.75, 3.05) is 13.1 Å². The fraction of sp³-hybridized carbons (Fsp3) is 0.706. The predicted octanol–water partition coefficient (Wildman–Crippen LogP) is 1.83. The van der Waals surface area contributed by atoms with Gasteiger partial charge >= 0.3 is 0 Å². The lowest BCUT2D eigenvalue weighted by Gasteiger charge is -2.32. The molecule has 2 aromatic rings. The van der Waals surface area contributed by atoms with Crippen LogP contribution in [0, 0.1) is 0 Å². The third-order valence-corrected chi connectivity index (χ3v) is 4.58. The van der Waals surface area contributed by atoms with Crippen LogP contribution in [0.5, 0.6) is 0 Å². The van der Waals surface area contributed by atoms with Crippen LogP contribution < -0.4 is 0 Å². The Morgan fingerprint density at radius 2 is 2.20 bits per heavy atom. The molecule has 8 heteroatoms. The zero-order valence-electron chi connectivity index (χ0n) is 15.4. The maximum Gasteiger partial charge on any atom is 0.227 e. The van der Waals surface area contributed by atoms with E-state index in [0.717, 1.165) is 25.2 Å². The molecule has 8 nitrogen and oxygen atoms in total. The molecule has 0 spiro atoms. The molecule has 25 heavy (non-hydrogen) atoms. The summed E-state index contributed by atoms with van der Waals surface area (Å²) in [5.74, 6) is 2.53. The Hall–Kier alpha value is -2.25. The first kappa shape index (κ1) is 17.6. The Balaban J connectivity index is 1.56. The van der Waals surface area contributed by atoms with Gasteiger partial charge in [0, 0.05) is 44.3 Å². The number of amides is 1. The van der Waals surface area contributed by atoms with Gasteiger partial charge in [0.2, 0.25) is 11.8 Å². The molecular weight excluding hydrogens is 320 g/mol. The normalized spacial score (nSPS) is 18.6. The number of aryl methyl sites for hydroxylation is 2. The fourth-order valence-corrected chi connectivity index (χ4v) is 3.11. The molecule has 1 amide bonds. The second kappa shape index (κ2) is 6.93. The molecule has 0 radical (unpaired) electrons. The summed E-state index contributed by atoms with van der Waals surface area (Å²) in [7, 11) is 1.94. The van der Waals surface area contributed by atoms with Gasteiger partial charge in [0.05, 0.1) is 0 Å². The molecular formula is C17H26N6O2. The second-order valence-electron chi connectivity index (χ2n) is 7.74. The van der Waals surface area contributed by atoms with Gasteiger partial charge in [0.15, 0.2) is 5.82 Å². The number of carbonyl (C=O) groups excluding carboxylic acids is 1. The lowest BCUT2D eigenvalue weighted by atomic mass is 9.96. The smallest absolute Gasteiger partial charge is 0.227 e. The Morgan fingerprint density at radius 3 is 2.84 bits per heavy atom. The van der Waals surface area contributed by atoms with E-state index in [-0.39, 0.29) is 17.2 Å².